The standard InChI is InChI=1S/C19H14O3/c1-21-17-6-4-12-8-14(3-2-13(12)10-17)19-11-15-9-16(20)5-7-18(15)22-19/h2-11,20H,1H3. The van der Waals surface area contributed by atoms with Crippen LogP contribution in [0, 0.1) is 0 Å². The minimum atomic E-state index is 0.241. The minimum Gasteiger partial charge on any atom is -0.508 e. The molecule has 1 N–H and O–H groups in total. The molecule has 0 fully saturated rings. The number of hydrogen-bond acceptors (Lipinski definition) is 3. The summed E-state index contributed by atoms with van der Waals surface area (Å²) >= 11 is 0. The lowest BCUT2D eigenvalue weighted by Gasteiger charge is -2.04. The Hall–Kier alpha value is -2.94. The third kappa shape index (κ3) is 2.07. The average molecular weight is 290 g/mol. The maximum Gasteiger partial charge on any atom is 0.135 e. The van der Waals surface area contributed by atoms with Crippen LogP contribution in [0.1, 0.15) is 0 Å². The van der Waals surface area contributed by atoms with Gasteiger partial charge < -0.3 is 14.3 Å². The van der Waals surface area contributed by atoms with Crippen LogP contribution in [-0.4, -0.2) is 12.2 Å². The number of furan rings is 1. The van der Waals surface area contributed by atoms with Crippen LogP contribution in [0.4, 0.5) is 0 Å². The smallest absolute Gasteiger partial charge is 0.135 e. The Bertz CT molecular complexity index is 982. The zero-order valence-corrected chi connectivity index (χ0v) is 12.0. The minimum absolute atomic E-state index is 0.241. The van der Waals surface area contributed by atoms with E-state index in [0.717, 1.165) is 38.8 Å². The fourth-order valence-electron chi connectivity index (χ4n) is 2.68. The molecule has 0 unspecified atom stereocenters. The highest BCUT2D eigenvalue weighted by Gasteiger charge is 2.08. The number of fused-ring (bicyclic) bond motifs is 2. The number of ether oxygens (including phenoxy) is 1. The SMILES string of the molecule is COc1ccc2cc(-c3cc4cc(O)ccc4o3)ccc2c1. The summed E-state index contributed by atoms with van der Waals surface area (Å²) < 4.78 is 11.1. The van der Waals surface area contributed by atoms with Crippen LogP contribution >= 0.6 is 0 Å². The first-order valence-electron chi connectivity index (χ1n) is 7.04. The van der Waals surface area contributed by atoms with E-state index in [1.54, 1.807) is 25.3 Å². The van der Waals surface area contributed by atoms with Gasteiger partial charge in [-0.05, 0) is 53.2 Å². The van der Waals surface area contributed by atoms with Crippen LogP contribution in [0.25, 0.3) is 33.1 Å². The fraction of sp³-hybridized carbons (Fsp3) is 0.0526. The van der Waals surface area contributed by atoms with E-state index < -0.39 is 0 Å². The van der Waals surface area contributed by atoms with Crippen LogP contribution in [0.5, 0.6) is 11.5 Å². The average Bonchev–Trinajstić information content (AvgIpc) is 2.96. The van der Waals surface area contributed by atoms with Crippen molar-refractivity contribution in [1.82, 2.24) is 0 Å². The van der Waals surface area contributed by atoms with Crippen molar-refractivity contribution < 1.29 is 14.3 Å². The number of phenols is 1. The number of aromatic hydroxyl groups is 1. The molecule has 4 rings (SSSR count). The maximum atomic E-state index is 9.55. The van der Waals surface area contributed by atoms with Crippen molar-refractivity contribution >= 4 is 21.7 Å². The molecule has 0 amide bonds. The normalized spacial score (nSPS) is 11.1. The fourth-order valence-corrected chi connectivity index (χ4v) is 2.68. The van der Waals surface area contributed by atoms with E-state index in [1.165, 1.54) is 0 Å². The van der Waals surface area contributed by atoms with Crippen LogP contribution in [0.2, 0.25) is 0 Å². The zero-order valence-electron chi connectivity index (χ0n) is 12.0. The molecule has 1 heterocycles. The van der Waals surface area contributed by atoms with Gasteiger partial charge in [0.1, 0.15) is 22.8 Å². The Kier molecular flexibility index (Phi) is 2.79. The Balaban J connectivity index is 1.84. The van der Waals surface area contributed by atoms with Crippen molar-refractivity contribution in [2.24, 2.45) is 0 Å². The molecule has 4 aromatic rings. The van der Waals surface area contributed by atoms with Gasteiger partial charge in [-0.25, -0.2) is 0 Å². The molecule has 1 aromatic heterocycles. The summed E-state index contributed by atoms with van der Waals surface area (Å²) in [5.74, 6) is 1.88. The van der Waals surface area contributed by atoms with E-state index in [2.05, 4.69) is 12.1 Å². The molecule has 108 valence electrons. The lowest BCUT2D eigenvalue weighted by molar-refractivity contribution is 0.415. The number of phenolic OH excluding ortho intramolecular Hbond substituents is 1. The Morgan fingerprint density at radius 3 is 2.50 bits per heavy atom. The van der Waals surface area contributed by atoms with E-state index >= 15 is 0 Å². The van der Waals surface area contributed by atoms with Gasteiger partial charge in [-0.3, -0.25) is 0 Å². The van der Waals surface area contributed by atoms with E-state index in [-0.39, 0.29) is 5.75 Å². The van der Waals surface area contributed by atoms with Gasteiger partial charge in [0.15, 0.2) is 0 Å². The largest absolute Gasteiger partial charge is 0.508 e. The number of methoxy groups -OCH3 is 1. The molecule has 0 aliphatic carbocycles. The van der Waals surface area contributed by atoms with Gasteiger partial charge in [0.2, 0.25) is 0 Å². The predicted molar refractivity (Wildman–Crippen MR) is 87.4 cm³/mol. The molecule has 0 aliphatic rings. The predicted octanol–water partition coefficient (Wildman–Crippen LogP) is 4.97. The number of rotatable bonds is 2. The summed E-state index contributed by atoms with van der Waals surface area (Å²) in [5, 5.41) is 12.7. The quantitative estimate of drug-likeness (QED) is 0.567. The van der Waals surface area contributed by atoms with Gasteiger partial charge in [0, 0.05) is 10.9 Å². The molecular formula is C19H14O3. The van der Waals surface area contributed by atoms with Gasteiger partial charge in [0.25, 0.3) is 0 Å². The molecule has 3 nitrogen and oxygen atoms in total. The lowest BCUT2D eigenvalue weighted by atomic mass is 10.1. The van der Waals surface area contributed by atoms with E-state index in [9.17, 15) is 5.11 Å². The van der Waals surface area contributed by atoms with Crippen LogP contribution < -0.4 is 4.74 Å². The number of hydrogen-bond donors (Lipinski definition) is 1. The van der Waals surface area contributed by atoms with Crippen molar-refractivity contribution in [3.05, 3.63) is 60.7 Å². The third-order valence-corrected chi connectivity index (χ3v) is 3.83. The molecule has 0 spiro atoms. The van der Waals surface area contributed by atoms with Gasteiger partial charge in [-0.15, -0.1) is 0 Å². The van der Waals surface area contributed by atoms with Crippen LogP contribution in [-0.2, 0) is 0 Å². The summed E-state index contributed by atoms with van der Waals surface area (Å²) in [6, 6.07) is 19.2. The van der Waals surface area contributed by atoms with E-state index in [1.807, 2.05) is 30.3 Å². The second-order valence-corrected chi connectivity index (χ2v) is 5.26. The molecule has 0 bridgehead atoms. The molecular weight excluding hydrogens is 276 g/mol. The molecule has 0 aliphatic heterocycles. The van der Waals surface area contributed by atoms with Crippen molar-refractivity contribution in [3.63, 3.8) is 0 Å². The van der Waals surface area contributed by atoms with Crippen molar-refractivity contribution in [1.29, 1.82) is 0 Å². The first kappa shape index (κ1) is 12.8. The van der Waals surface area contributed by atoms with Crippen molar-refractivity contribution in [3.8, 4) is 22.8 Å². The Morgan fingerprint density at radius 2 is 1.64 bits per heavy atom. The summed E-state index contributed by atoms with van der Waals surface area (Å²) in [4.78, 5) is 0. The Labute approximate surface area is 127 Å². The Morgan fingerprint density at radius 1 is 0.818 bits per heavy atom. The highest BCUT2D eigenvalue weighted by molar-refractivity contribution is 5.90. The van der Waals surface area contributed by atoms with E-state index in [4.69, 9.17) is 9.15 Å². The third-order valence-electron chi connectivity index (χ3n) is 3.83. The van der Waals surface area contributed by atoms with Gasteiger partial charge in [-0.2, -0.15) is 0 Å². The van der Waals surface area contributed by atoms with Crippen LogP contribution in [0.15, 0.2) is 65.1 Å². The molecule has 0 atom stereocenters. The first-order valence-corrected chi connectivity index (χ1v) is 7.04. The van der Waals surface area contributed by atoms with Crippen molar-refractivity contribution in [2.45, 2.75) is 0 Å². The summed E-state index contributed by atoms with van der Waals surface area (Å²) in [6.07, 6.45) is 0. The highest BCUT2D eigenvalue weighted by atomic mass is 16.5. The van der Waals surface area contributed by atoms with E-state index in [0.29, 0.717) is 0 Å². The first-order chi connectivity index (χ1) is 10.7. The summed E-state index contributed by atoms with van der Waals surface area (Å²) in [5.41, 5.74) is 1.77. The van der Waals surface area contributed by atoms with Crippen molar-refractivity contribution in [2.75, 3.05) is 7.11 Å². The molecule has 3 heteroatoms. The molecule has 0 radical (unpaired) electrons. The monoisotopic (exact) mass is 290 g/mol. The highest BCUT2D eigenvalue weighted by Crippen LogP contribution is 2.32. The van der Waals surface area contributed by atoms with Gasteiger partial charge >= 0.3 is 0 Å². The van der Waals surface area contributed by atoms with Gasteiger partial charge in [0.05, 0.1) is 7.11 Å². The molecule has 0 saturated heterocycles. The second-order valence-electron chi connectivity index (χ2n) is 5.26. The van der Waals surface area contributed by atoms with Gasteiger partial charge in [-0.1, -0.05) is 18.2 Å². The summed E-state index contributed by atoms with van der Waals surface area (Å²) in [7, 11) is 1.67. The number of benzene rings is 3. The molecule has 3 aromatic carbocycles. The summed E-state index contributed by atoms with van der Waals surface area (Å²) in [6.45, 7) is 0. The lowest BCUT2D eigenvalue weighted by Crippen LogP contribution is -1.82. The molecule has 22 heavy (non-hydrogen) atoms. The maximum absolute atomic E-state index is 9.55. The topological polar surface area (TPSA) is 42.6 Å². The van der Waals surface area contributed by atoms with Crippen LogP contribution in [0.3, 0.4) is 0 Å². The molecule has 0 saturated carbocycles. The zero-order chi connectivity index (χ0) is 15.1. The second kappa shape index (κ2) is 4.81.